The summed E-state index contributed by atoms with van der Waals surface area (Å²) in [6.07, 6.45) is -0.794. The molecule has 4 N–H and O–H groups in total. The van der Waals surface area contributed by atoms with Crippen LogP contribution < -0.4 is 21.1 Å². The average Bonchev–Trinajstić information content (AvgIpc) is 2.38. The van der Waals surface area contributed by atoms with Gasteiger partial charge in [0.25, 0.3) is 5.91 Å². The smallest absolute Gasteiger partial charge is 0.321 e. The largest absolute Gasteiger partial charge is 0.481 e. The minimum absolute atomic E-state index is 0.203. The molecule has 3 amide bonds. The first kappa shape index (κ1) is 15.0. The van der Waals surface area contributed by atoms with Crippen molar-refractivity contribution < 1.29 is 14.3 Å². The van der Waals surface area contributed by atoms with Crippen LogP contribution in [0.4, 0.5) is 4.79 Å². The van der Waals surface area contributed by atoms with Gasteiger partial charge in [0.2, 0.25) is 0 Å². The summed E-state index contributed by atoms with van der Waals surface area (Å²) in [5, 5.41) is 4.45. The van der Waals surface area contributed by atoms with Crippen molar-refractivity contribution in [2.24, 2.45) is 5.73 Å². The molecule has 0 saturated carbocycles. The number of imide groups is 1. The molecule has 0 aliphatic carbocycles. The number of nitrogens with one attached hydrogen (secondary N) is 2. The lowest BCUT2D eigenvalue weighted by atomic mass is 10.1. The van der Waals surface area contributed by atoms with E-state index >= 15 is 0 Å². The molecule has 0 bridgehead atoms. The van der Waals surface area contributed by atoms with Gasteiger partial charge >= 0.3 is 6.03 Å². The lowest BCUT2D eigenvalue weighted by Crippen LogP contribution is -2.44. The standard InChI is InChI=1S/C13H19N3O3/c1-8(14)10-6-4-5-7-11(10)19-9(2)12(17)16-13(18)15-3/h4-9H,14H2,1-3H3,(H2,15,16,17,18)/t8-,9?/m0/s1. The molecule has 1 unspecified atom stereocenters. The minimum atomic E-state index is -0.794. The van der Waals surface area contributed by atoms with Crippen LogP contribution in [-0.4, -0.2) is 25.1 Å². The highest BCUT2D eigenvalue weighted by Crippen LogP contribution is 2.24. The predicted octanol–water partition coefficient (Wildman–Crippen LogP) is 0.929. The molecule has 0 radical (unpaired) electrons. The van der Waals surface area contributed by atoms with E-state index in [1.165, 1.54) is 7.05 Å². The summed E-state index contributed by atoms with van der Waals surface area (Å²) in [5.41, 5.74) is 6.63. The molecule has 0 saturated heterocycles. The summed E-state index contributed by atoms with van der Waals surface area (Å²) in [6.45, 7) is 3.40. The van der Waals surface area contributed by atoms with Crippen molar-refractivity contribution in [3.8, 4) is 5.75 Å². The molecule has 6 heteroatoms. The highest BCUT2D eigenvalue weighted by molar-refractivity contribution is 5.96. The van der Waals surface area contributed by atoms with Gasteiger partial charge in [-0.15, -0.1) is 0 Å². The third-order valence-corrected chi connectivity index (χ3v) is 2.55. The Morgan fingerprint density at radius 3 is 2.47 bits per heavy atom. The maximum absolute atomic E-state index is 11.7. The Kier molecular flexibility index (Phi) is 5.32. The predicted molar refractivity (Wildman–Crippen MR) is 71.7 cm³/mol. The number of para-hydroxylation sites is 1. The van der Waals surface area contributed by atoms with E-state index in [2.05, 4.69) is 10.6 Å². The molecule has 1 aromatic carbocycles. The Bertz CT molecular complexity index is 460. The minimum Gasteiger partial charge on any atom is -0.481 e. The van der Waals surface area contributed by atoms with E-state index < -0.39 is 18.0 Å². The van der Waals surface area contributed by atoms with Crippen LogP contribution >= 0.6 is 0 Å². The molecule has 0 aliphatic rings. The number of carbonyl (C=O) groups is 2. The first-order valence-electron chi connectivity index (χ1n) is 5.99. The zero-order valence-electron chi connectivity index (χ0n) is 11.3. The van der Waals surface area contributed by atoms with Crippen molar-refractivity contribution in [1.29, 1.82) is 0 Å². The van der Waals surface area contributed by atoms with Gasteiger partial charge in [-0.25, -0.2) is 4.79 Å². The molecular formula is C13H19N3O3. The number of urea groups is 1. The van der Waals surface area contributed by atoms with Gasteiger partial charge in [0.05, 0.1) is 0 Å². The lowest BCUT2D eigenvalue weighted by Gasteiger charge is -2.18. The second kappa shape index (κ2) is 6.75. The average molecular weight is 265 g/mol. The number of carbonyl (C=O) groups excluding carboxylic acids is 2. The van der Waals surface area contributed by atoms with E-state index in [0.29, 0.717) is 5.75 Å². The first-order valence-corrected chi connectivity index (χ1v) is 5.99. The van der Waals surface area contributed by atoms with Crippen molar-refractivity contribution in [3.05, 3.63) is 29.8 Å². The van der Waals surface area contributed by atoms with Gasteiger partial charge < -0.3 is 15.8 Å². The van der Waals surface area contributed by atoms with E-state index in [9.17, 15) is 9.59 Å². The summed E-state index contributed by atoms with van der Waals surface area (Å²) >= 11 is 0. The third-order valence-electron chi connectivity index (χ3n) is 2.55. The van der Waals surface area contributed by atoms with Gasteiger partial charge in [-0.2, -0.15) is 0 Å². The van der Waals surface area contributed by atoms with Crippen molar-refractivity contribution in [2.45, 2.75) is 26.0 Å². The molecule has 0 spiro atoms. The number of amides is 3. The van der Waals surface area contributed by atoms with Crippen LogP contribution in [0, 0.1) is 0 Å². The van der Waals surface area contributed by atoms with E-state index in [1.807, 2.05) is 19.1 Å². The van der Waals surface area contributed by atoms with Crippen molar-refractivity contribution in [1.82, 2.24) is 10.6 Å². The molecule has 104 valence electrons. The van der Waals surface area contributed by atoms with Gasteiger partial charge in [-0.1, -0.05) is 18.2 Å². The Balaban J connectivity index is 2.74. The Morgan fingerprint density at radius 1 is 1.26 bits per heavy atom. The quantitative estimate of drug-likeness (QED) is 0.755. The van der Waals surface area contributed by atoms with Crippen LogP contribution in [-0.2, 0) is 4.79 Å². The molecule has 1 aromatic rings. The zero-order chi connectivity index (χ0) is 14.4. The number of hydrogen-bond donors (Lipinski definition) is 3. The van der Waals surface area contributed by atoms with Crippen LogP contribution in [0.5, 0.6) is 5.75 Å². The van der Waals surface area contributed by atoms with Crippen LogP contribution in [0.3, 0.4) is 0 Å². The van der Waals surface area contributed by atoms with E-state index in [0.717, 1.165) is 5.56 Å². The van der Waals surface area contributed by atoms with Gasteiger partial charge in [0, 0.05) is 18.7 Å². The first-order chi connectivity index (χ1) is 8.95. The molecule has 0 aromatic heterocycles. The van der Waals surface area contributed by atoms with Crippen LogP contribution in [0.2, 0.25) is 0 Å². The van der Waals surface area contributed by atoms with Crippen LogP contribution in [0.15, 0.2) is 24.3 Å². The lowest BCUT2D eigenvalue weighted by molar-refractivity contribution is -0.126. The topological polar surface area (TPSA) is 93.5 Å². The van der Waals surface area contributed by atoms with Gasteiger partial charge in [-0.05, 0) is 19.9 Å². The molecule has 1 rings (SSSR count). The van der Waals surface area contributed by atoms with Crippen molar-refractivity contribution >= 4 is 11.9 Å². The number of nitrogens with two attached hydrogens (primary N) is 1. The van der Waals surface area contributed by atoms with Crippen LogP contribution in [0.25, 0.3) is 0 Å². The highest BCUT2D eigenvalue weighted by Gasteiger charge is 2.18. The van der Waals surface area contributed by atoms with Crippen molar-refractivity contribution in [2.75, 3.05) is 7.05 Å². The van der Waals surface area contributed by atoms with Gasteiger partial charge in [0.15, 0.2) is 6.10 Å². The molecule has 0 heterocycles. The summed E-state index contributed by atoms with van der Waals surface area (Å²) in [7, 11) is 1.43. The summed E-state index contributed by atoms with van der Waals surface area (Å²) in [5.74, 6) is 0.0240. The second-order valence-corrected chi connectivity index (χ2v) is 4.15. The molecule has 0 aliphatic heterocycles. The van der Waals surface area contributed by atoms with E-state index in [1.54, 1.807) is 19.1 Å². The van der Waals surface area contributed by atoms with Crippen LogP contribution in [0.1, 0.15) is 25.5 Å². The molecule has 0 fully saturated rings. The third kappa shape index (κ3) is 4.26. The molecule has 19 heavy (non-hydrogen) atoms. The summed E-state index contributed by atoms with van der Waals surface area (Å²) in [4.78, 5) is 22.7. The van der Waals surface area contributed by atoms with Gasteiger partial charge in [-0.3, -0.25) is 10.1 Å². The second-order valence-electron chi connectivity index (χ2n) is 4.15. The SMILES string of the molecule is CNC(=O)NC(=O)C(C)Oc1ccccc1[C@H](C)N. The maximum atomic E-state index is 11.7. The molecular weight excluding hydrogens is 246 g/mol. The molecule has 6 nitrogen and oxygen atoms in total. The van der Waals surface area contributed by atoms with E-state index in [-0.39, 0.29) is 6.04 Å². The highest BCUT2D eigenvalue weighted by atomic mass is 16.5. The fourth-order valence-electron chi connectivity index (χ4n) is 1.48. The number of hydrogen-bond acceptors (Lipinski definition) is 4. The fraction of sp³-hybridized carbons (Fsp3) is 0.385. The normalized spacial score (nSPS) is 13.3. The summed E-state index contributed by atoms with van der Waals surface area (Å²) in [6, 6.07) is 6.45. The number of ether oxygens (including phenoxy) is 1. The Labute approximate surface area is 112 Å². The van der Waals surface area contributed by atoms with E-state index in [4.69, 9.17) is 10.5 Å². The van der Waals surface area contributed by atoms with Crippen molar-refractivity contribution in [3.63, 3.8) is 0 Å². The fourth-order valence-corrected chi connectivity index (χ4v) is 1.48. The Hall–Kier alpha value is -2.08. The van der Waals surface area contributed by atoms with Gasteiger partial charge in [0.1, 0.15) is 5.75 Å². The monoisotopic (exact) mass is 265 g/mol. The maximum Gasteiger partial charge on any atom is 0.321 e. The number of benzene rings is 1. The summed E-state index contributed by atoms with van der Waals surface area (Å²) < 4.78 is 5.54. The zero-order valence-corrected chi connectivity index (χ0v) is 11.3. The molecule has 2 atom stereocenters. The number of rotatable bonds is 4. The Morgan fingerprint density at radius 2 is 1.89 bits per heavy atom.